The summed E-state index contributed by atoms with van der Waals surface area (Å²) >= 11 is 0. The van der Waals surface area contributed by atoms with Crippen molar-refractivity contribution in [2.45, 2.75) is 6.92 Å². The van der Waals surface area contributed by atoms with Crippen molar-refractivity contribution in [3.8, 4) is 0 Å². The summed E-state index contributed by atoms with van der Waals surface area (Å²) in [6.45, 7) is 2.00. The van der Waals surface area contributed by atoms with Crippen LogP contribution in [0.15, 0.2) is 18.2 Å². The van der Waals surface area contributed by atoms with Gasteiger partial charge in [-0.15, -0.1) is 0 Å². The monoisotopic (exact) mass is 181 g/mol. The molecule has 1 rings (SSSR count). The largest absolute Gasteiger partial charge is 0.313 e. The number of carbonyl (C=O) groups excluding carboxylic acids is 1. The summed E-state index contributed by atoms with van der Waals surface area (Å²) in [5.74, 6) is -0.454. The van der Waals surface area contributed by atoms with Gasteiger partial charge in [-0.25, -0.2) is 4.39 Å². The Morgan fingerprint density at radius 3 is 2.69 bits per heavy atom. The first-order valence-electron chi connectivity index (χ1n) is 4.08. The average molecular weight is 181 g/mol. The van der Waals surface area contributed by atoms with Crippen molar-refractivity contribution in [3.63, 3.8) is 0 Å². The van der Waals surface area contributed by atoms with E-state index < -0.39 is 0 Å². The van der Waals surface area contributed by atoms with Crippen molar-refractivity contribution in [1.82, 2.24) is 5.32 Å². The lowest BCUT2D eigenvalue weighted by Crippen LogP contribution is -2.18. The van der Waals surface area contributed by atoms with E-state index in [9.17, 15) is 9.18 Å². The van der Waals surface area contributed by atoms with Crippen LogP contribution in [0.5, 0.6) is 0 Å². The van der Waals surface area contributed by atoms with E-state index in [1.165, 1.54) is 12.1 Å². The molecule has 1 aromatic rings. The first-order valence-corrected chi connectivity index (χ1v) is 4.08. The number of rotatable bonds is 3. The Kier molecular flexibility index (Phi) is 3.14. The third-order valence-corrected chi connectivity index (χ3v) is 1.70. The van der Waals surface area contributed by atoms with Crippen LogP contribution >= 0.6 is 0 Å². The first kappa shape index (κ1) is 9.86. The maximum absolute atomic E-state index is 12.9. The molecule has 0 unspecified atom stereocenters. The van der Waals surface area contributed by atoms with Crippen molar-refractivity contribution in [2.24, 2.45) is 0 Å². The van der Waals surface area contributed by atoms with E-state index >= 15 is 0 Å². The molecular formula is C10H12FNO. The Balaban J connectivity index is 2.94. The molecule has 0 fully saturated rings. The van der Waals surface area contributed by atoms with Crippen LogP contribution in [-0.2, 0) is 0 Å². The molecule has 0 aromatic heterocycles. The minimum Gasteiger partial charge on any atom is -0.313 e. The van der Waals surface area contributed by atoms with Crippen molar-refractivity contribution >= 4 is 5.78 Å². The fraction of sp³-hybridized carbons (Fsp3) is 0.300. The van der Waals surface area contributed by atoms with Crippen LogP contribution in [0, 0.1) is 12.7 Å². The van der Waals surface area contributed by atoms with E-state index in [0.29, 0.717) is 5.56 Å². The molecule has 0 heterocycles. The lowest BCUT2D eigenvalue weighted by Gasteiger charge is -2.01. The summed E-state index contributed by atoms with van der Waals surface area (Å²) in [5, 5.41) is 2.73. The number of nitrogens with one attached hydrogen (secondary N) is 1. The lowest BCUT2D eigenvalue weighted by atomic mass is 10.1. The molecule has 0 radical (unpaired) electrons. The van der Waals surface area contributed by atoms with Gasteiger partial charge in [-0.2, -0.15) is 0 Å². The molecule has 2 nitrogen and oxygen atoms in total. The highest BCUT2D eigenvalue weighted by Crippen LogP contribution is 2.08. The summed E-state index contributed by atoms with van der Waals surface area (Å²) in [6.07, 6.45) is 0. The second-order valence-electron chi connectivity index (χ2n) is 2.97. The van der Waals surface area contributed by atoms with Crippen LogP contribution in [0.25, 0.3) is 0 Å². The number of likely N-dealkylation sites (N-methyl/N-ethyl adjacent to an activating group) is 1. The highest BCUT2D eigenvalue weighted by molar-refractivity contribution is 5.97. The van der Waals surface area contributed by atoms with Crippen molar-refractivity contribution in [2.75, 3.05) is 13.6 Å². The number of aryl methyl sites for hydroxylation is 1. The normalized spacial score (nSPS) is 10.1. The van der Waals surface area contributed by atoms with Gasteiger partial charge in [0.05, 0.1) is 6.54 Å². The summed E-state index contributed by atoms with van der Waals surface area (Å²) in [4.78, 5) is 11.3. The number of ketones is 1. The van der Waals surface area contributed by atoms with Crippen molar-refractivity contribution in [1.29, 1.82) is 0 Å². The van der Waals surface area contributed by atoms with Crippen LogP contribution in [0.1, 0.15) is 15.9 Å². The number of benzene rings is 1. The average Bonchev–Trinajstić information content (AvgIpc) is 2.03. The third kappa shape index (κ3) is 2.63. The minimum absolute atomic E-state index is 0.0925. The zero-order valence-corrected chi connectivity index (χ0v) is 7.73. The number of halogens is 1. The maximum atomic E-state index is 12.9. The molecule has 0 saturated heterocycles. The molecule has 1 N–H and O–H groups in total. The predicted molar refractivity (Wildman–Crippen MR) is 49.4 cm³/mol. The standard InChI is InChI=1S/C10H12FNO/c1-7-3-8(5-9(11)4-7)10(13)6-12-2/h3-5,12H,6H2,1-2H3. The molecule has 3 heteroatoms. The number of hydrogen-bond acceptors (Lipinski definition) is 2. The van der Waals surface area contributed by atoms with E-state index in [1.807, 2.05) is 0 Å². The molecular weight excluding hydrogens is 169 g/mol. The lowest BCUT2D eigenvalue weighted by molar-refractivity contribution is 0.0993. The molecule has 0 atom stereocenters. The van der Waals surface area contributed by atoms with Crippen LogP contribution in [0.2, 0.25) is 0 Å². The number of carbonyl (C=O) groups is 1. The van der Waals surface area contributed by atoms with Gasteiger partial charge in [0.15, 0.2) is 5.78 Å². The summed E-state index contributed by atoms with van der Waals surface area (Å²) in [7, 11) is 1.68. The van der Waals surface area contributed by atoms with Crippen LogP contribution in [-0.4, -0.2) is 19.4 Å². The second-order valence-corrected chi connectivity index (χ2v) is 2.97. The van der Waals surface area contributed by atoms with E-state index in [1.54, 1.807) is 20.0 Å². The Hall–Kier alpha value is -1.22. The molecule has 0 aliphatic heterocycles. The molecule has 0 aliphatic rings. The van der Waals surface area contributed by atoms with Crippen molar-refractivity contribution in [3.05, 3.63) is 35.1 Å². The first-order chi connectivity index (χ1) is 6.13. The molecule has 0 bridgehead atoms. The van der Waals surface area contributed by atoms with Gasteiger partial charge >= 0.3 is 0 Å². The van der Waals surface area contributed by atoms with E-state index in [0.717, 1.165) is 5.56 Å². The molecule has 0 saturated carbocycles. The van der Waals surface area contributed by atoms with Gasteiger partial charge in [0.1, 0.15) is 5.82 Å². The Morgan fingerprint density at radius 2 is 2.15 bits per heavy atom. The fourth-order valence-corrected chi connectivity index (χ4v) is 1.16. The minimum atomic E-state index is -0.362. The maximum Gasteiger partial charge on any atom is 0.176 e. The molecule has 13 heavy (non-hydrogen) atoms. The highest BCUT2D eigenvalue weighted by Gasteiger charge is 2.06. The number of hydrogen-bond donors (Lipinski definition) is 1. The van der Waals surface area contributed by atoms with E-state index in [4.69, 9.17) is 0 Å². The Bertz CT molecular complexity index is 302. The van der Waals surface area contributed by atoms with Gasteiger partial charge in [0.25, 0.3) is 0 Å². The molecule has 0 aliphatic carbocycles. The quantitative estimate of drug-likeness (QED) is 0.716. The second kappa shape index (κ2) is 4.14. The molecule has 0 spiro atoms. The SMILES string of the molecule is CNCC(=O)c1cc(C)cc(F)c1. The summed E-state index contributed by atoms with van der Waals surface area (Å²) < 4.78 is 12.9. The van der Waals surface area contributed by atoms with Gasteiger partial charge < -0.3 is 5.32 Å². The zero-order chi connectivity index (χ0) is 9.84. The van der Waals surface area contributed by atoms with E-state index in [-0.39, 0.29) is 18.1 Å². The highest BCUT2D eigenvalue weighted by atomic mass is 19.1. The van der Waals surface area contributed by atoms with Crippen LogP contribution < -0.4 is 5.32 Å². The van der Waals surface area contributed by atoms with Gasteiger partial charge in [-0.1, -0.05) is 0 Å². The van der Waals surface area contributed by atoms with Crippen LogP contribution in [0.3, 0.4) is 0 Å². The fourth-order valence-electron chi connectivity index (χ4n) is 1.16. The molecule has 1 aromatic carbocycles. The predicted octanol–water partition coefficient (Wildman–Crippen LogP) is 1.54. The zero-order valence-electron chi connectivity index (χ0n) is 7.73. The van der Waals surface area contributed by atoms with E-state index in [2.05, 4.69) is 5.32 Å². The van der Waals surface area contributed by atoms with Gasteiger partial charge in [-0.05, 0) is 37.7 Å². The van der Waals surface area contributed by atoms with Gasteiger partial charge in [-0.3, -0.25) is 4.79 Å². The molecule has 0 amide bonds. The Morgan fingerprint density at radius 1 is 1.46 bits per heavy atom. The van der Waals surface area contributed by atoms with Crippen molar-refractivity contribution < 1.29 is 9.18 Å². The third-order valence-electron chi connectivity index (χ3n) is 1.70. The Labute approximate surface area is 76.8 Å². The van der Waals surface area contributed by atoms with Gasteiger partial charge in [0.2, 0.25) is 0 Å². The summed E-state index contributed by atoms with van der Waals surface area (Å²) in [5.41, 5.74) is 1.19. The smallest absolute Gasteiger partial charge is 0.176 e. The van der Waals surface area contributed by atoms with Gasteiger partial charge in [0, 0.05) is 5.56 Å². The topological polar surface area (TPSA) is 29.1 Å². The number of Topliss-reactive ketones (excluding diaryl/α,β-unsaturated/α-hetero) is 1. The summed E-state index contributed by atoms with van der Waals surface area (Å²) in [6, 6.07) is 4.34. The van der Waals surface area contributed by atoms with Crippen LogP contribution in [0.4, 0.5) is 4.39 Å². The molecule has 70 valence electrons.